The Morgan fingerprint density at radius 3 is 2.76 bits per heavy atom. The molecule has 0 N–H and O–H groups in total. The predicted octanol–water partition coefficient (Wildman–Crippen LogP) is 1.97. The average Bonchev–Trinajstić information content (AvgIpc) is 2.53. The van der Waals surface area contributed by atoms with Gasteiger partial charge in [-0.05, 0) is 36.5 Å². The van der Waals surface area contributed by atoms with Crippen LogP contribution in [-0.2, 0) is 11.2 Å². The maximum atomic E-state index is 12.1. The Labute approximate surface area is 126 Å². The number of carbonyl (C=O) groups is 1. The van der Waals surface area contributed by atoms with E-state index in [2.05, 4.69) is 28.1 Å². The minimum atomic E-state index is 0.192. The van der Waals surface area contributed by atoms with Gasteiger partial charge >= 0.3 is 0 Å². The number of nitrogens with zero attached hydrogens (tertiary/aromatic N) is 3. The first-order valence-electron chi connectivity index (χ1n) is 7.74. The normalized spacial score (nSPS) is 18.5. The number of hydrogen-bond donors (Lipinski definition) is 0. The Morgan fingerprint density at radius 2 is 2.05 bits per heavy atom. The van der Waals surface area contributed by atoms with E-state index < -0.39 is 0 Å². The van der Waals surface area contributed by atoms with Gasteiger partial charge in [0.2, 0.25) is 5.91 Å². The molecule has 4 nitrogen and oxygen atoms in total. The van der Waals surface area contributed by atoms with Crippen molar-refractivity contribution in [1.82, 2.24) is 4.90 Å². The second-order valence-electron chi connectivity index (χ2n) is 6.12. The smallest absolute Gasteiger partial charge is 0.225 e. The highest BCUT2D eigenvalue weighted by Crippen LogP contribution is 2.30. The number of amides is 1. The predicted molar refractivity (Wildman–Crippen MR) is 86.2 cm³/mol. The average molecular weight is 285 g/mol. The van der Waals surface area contributed by atoms with Gasteiger partial charge in [0.05, 0.1) is 0 Å². The van der Waals surface area contributed by atoms with Crippen molar-refractivity contribution in [3.8, 4) is 0 Å². The van der Waals surface area contributed by atoms with E-state index >= 15 is 0 Å². The Balaban J connectivity index is 1.73. The standard InChI is InChI=1S/C17H23N3O/c1-19(2)17(21)13-7-10-20(11-8-13)16-5-3-4-14-12-18-9-6-15(14)16/h3-5,12-13H,6-11H2,1-2H3. The number of aliphatic imine (C=N–C) groups is 1. The van der Waals surface area contributed by atoms with Crippen molar-refractivity contribution in [2.24, 2.45) is 10.9 Å². The van der Waals surface area contributed by atoms with Crippen LogP contribution in [0.15, 0.2) is 23.2 Å². The number of fused-ring (bicyclic) bond motifs is 1. The summed E-state index contributed by atoms with van der Waals surface area (Å²) in [7, 11) is 3.70. The zero-order chi connectivity index (χ0) is 14.8. The van der Waals surface area contributed by atoms with Crippen LogP contribution in [0.25, 0.3) is 0 Å². The van der Waals surface area contributed by atoms with Gasteiger partial charge in [-0.25, -0.2) is 0 Å². The fraction of sp³-hybridized carbons (Fsp3) is 0.529. The molecule has 112 valence electrons. The first-order chi connectivity index (χ1) is 10.2. The van der Waals surface area contributed by atoms with Gasteiger partial charge in [0.15, 0.2) is 0 Å². The summed E-state index contributed by atoms with van der Waals surface area (Å²) in [5, 5.41) is 0. The first kappa shape index (κ1) is 14.1. The van der Waals surface area contributed by atoms with Gasteiger partial charge in [-0.3, -0.25) is 9.79 Å². The first-order valence-corrected chi connectivity index (χ1v) is 7.74. The molecule has 1 amide bonds. The number of hydrogen-bond acceptors (Lipinski definition) is 3. The van der Waals surface area contributed by atoms with Crippen LogP contribution in [-0.4, -0.2) is 50.8 Å². The quantitative estimate of drug-likeness (QED) is 0.833. The van der Waals surface area contributed by atoms with E-state index in [0.717, 1.165) is 38.9 Å². The van der Waals surface area contributed by atoms with Crippen LogP contribution in [0.4, 0.5) is 5.69 Å². The van der Waals surface area contributed by atoms with Gasteiger partial charge in [0.1, 0.15) is 0 Å². The molecule has 0 unspecified atom stereocenters. The summed E-state index contributed by atoms with van der Waals surface area (Å²) in [6.07, 6.45) is 4.92. The van der Waals surface area contributed by atoms with E-state index in [4.69, 9.17) is 0 Å². The summed E-state index contributed by atoms with van der Waals surface area (Å²) in [5.74, 6) is 0.467. The van der Waals surface area contributed by atoms with Crippen molar-refractivity contribution in [3.05, 3.63) is 29.3 Å². The minimum absolute atomic E-state index is 0.192. The number of rotatable bonds is 2. The van der Waals surface area contributed by atoms with Crippen LogP contribution in [0.2, 0.25) is 0 Å². The Bertz CT molecular complexity index is 557. The molecule has 4 heteroatoms. The highest BCUT2D eigenvalue weighted by atomic mass is 16.2. The number of anilines is 1. The van der Waals surface area contributed by atoms with Crippen LogP contribution in [0.3, 0.4) is 0 Å². The molecule has 2 aliphatic heterocycles. The number of piperidine rings is 1. The lowest BCUT2D eigenvalue weighted by molar-refractivity contribution is -0.133. The van der Waals surface area contributed by atoms with Gasteiger partial charge in [0.25, 0.3) is 0 Å². The second kappa shape index (κ2) is 5.88. The second-order valence-corrected chi connectivity index (χ2v) is 6.12. The molecule has 0 saturated carbocycles. The third-order valence-electron chi connectivity index (χ3n) is 4.53. The number of benzene rings is 1. The maximum Gasteiger partial charge on any atom is 0.225 e. The van der Waals surface area contributed by atoms with Crippen molar-refractivity contribution in [3.63, 3.8) is 0 Å². The molecular weight excluding hydrogens is 262 g/mol. The SMILES string of the molecule is CN(C)C(=O)C1CCN(c2cccc3c2CCN=C3)CC1. The molecule has 3 rings (SSSR count). The fourth-order valence-corrected chi connectivity index (χ4v) is 3.35. The van der Waals surface area contributed by atoms with Gasteiger partial charge in [-0.2, -0.15) is 0 Å². The molecule has 1 fully saturated rings. The van der Waals surface area contributed by atoms with Crippen molar-refractivity contribution in [2.45, 2.75) is 19.3 Å². The summed E-state index contributed by atoms with van der Waals surface area (Å²) < 4.78 is 0. The zero-order valence-corrected chi connectivity index (χ0v) is 12.9. The maximum absolute atomic E-state index is 12.1. The van der Waals surface area contributed by atoms with Gasteiger partial charge < -0.3 is 9.80 Å². The zero-order valence-electron chi connectivity index (χ0n) is 12.9. The van der Waals surface area contributed by atoms with E-state index in [9.17, 15) is 4.79 Å². The molecule has 0 spiro atoms. The lowest BCUT2D eigenvalue weighted by Gasteiger charge is -2.35. The Kier molecular flexibility index (Phi) is 3.95. The molecule has 0 bridgehead atoms. The highest BCUT2D eigenvalue weighted by molar-refractivity contribution is 5.86. The fourth-order valence-electron chi connectivity index (χ4n) is 3.35. The topological polar surface area (TPSA) is 35.9 Å². The molecule has 0 radical (unpaired) electrons. The van der Waals surface area contributed by atoms with Crippen molar-refractivity contribution >= 4 is 17.8 Å². The van der Waals surface area contributed by atoms with Gasteiger partial charge in [0, 0.05) is 51.5 Å². The summed E-state index contributed by atoms with van der Waals surface area (Å²) in [6, 6.07) is 6.47. The Morgan fingerprint density at radius 1 is 1.29 bits per heavy atom. The Hall–Kier alpha value is -1.84. The molecule has 21 heavy (non-hydrogen) atoms. The monoisotopic (exact) mass is 285 g/mol. The third kappa shape index (κ3) is 2.80. The van der Waals surface area contributed by atoms with Gasteiger partial charge in [-0.15, -0.1) is 0 Å². The molecule has 0 aromatic heterocycles. The van der Waals surface area contributed by atoms with Crippen LogP contribution < -0.4 is 4.90 Å². The van der Waals surface area contributed by atoms with Crippen molar-refractivity contribution in [1.29, 1.82) is 0 Å². The summed E-state index contributed by atoms with van der Waals surface area (Å²) in [4.78, 5) is 20.6. The third-order valence-corrected chi connectivity index (χ3v) is 4.53. The van der Waals surface area contributed by atoms with Crippen LogP contribution >= 0.6 is 0 Å². The molecular formula is C17H23N3O. The van der Waals surface area contributed by atoms with Gasteiger partial charge in [-0.1, -0.05) is 12.1 Å². The van der Waals surface area contributed by atoms with Crippen molar-refractivity contribution < 1.29 is 4.79 Å². The highest BCUT2D eigenvalue weighted by Gasteiger charge is 2.27. The minimum Gasteiger partial charge on any atom is -0.371 e. The summed E-state index contributed by atoms with van der Waals surface area (Å²) in [5.41, 5.74) is 4.02. The molecule has 0 atom stereocenters. The lowest BCUT2D eigenvalue weighted by Crippen LogP contribution is -2.40. The van der Waals surface area contributed by atoms with Crippen LogP contribution in [0.1, 0.15) is 24.0 Å². The molecule has 1 aromatic rings. The van der Waals surface area contributed by atoms with E-state index in [0.29, 0.717) is 0 Å². The summed E-state index contributed by atoms with van der Waals surface area (Å²) >= 11 is 0. The van der Waals surface area contributed by atoms with Crippen molar-refractivity contribution in [2.75, 3.05) is 38.6 Å². The molecule has 1 aromatic carbocycles. The van der Waals surface area contributed by atoms with E-state index in [1.54, 1.807) is 4.90 Å². The number of carbonyl (C=O) groups excluding carboxylic acids is 1. The van der Waals surface area contributed by atoms with E-state index in [1.807, 2.05) is 20.3 Å². The lowest BCUT2D eigenvalue weighted by atomic mass is 9.93. The molecule has 2 heterocycles. The summed E-state index contributed by atoms with van der Waals surface area (Å²) in [6.45, 7) is 2.83. The molecule has 2 aliphatic rings. The molecule has 1 saturated heterocycles. The van der Waals surface area contributed by atoms with E-state index in [-0.39, 0.29) is 11.8 Å². The largest absolute Gasteiger partial charge is 0.371 e. The van der Waals surface area contributed by atoms with E-state index in [1.165, 1.54) is 16.8 Å². The van der Waals surface area contributed by atoms with Crippen LogP contribution in [0, 0.1) is 5.92 Å². The van der Waals surface area contributed by atoms with Crippen LogP contribution in [0.5, 0.6) is 0 Å². The molecule has 0 aliphatic carbocycles.